The zero-order valence-corrected chi connectivity index (χ0v) is 20.2. The highest BCUT2D eigenvalue weighted by molar-refractivity contribution is 7.92. The first-order chi connectivity index (χ1) is 16.9. The molecule has 0 aliphatic carbocycles. The molecule has 9 heteroatoms. The Kier molecular flexibility index (Phi) is 7.64. The van der Waals surface area contributed by atoms with Crippen molar-refractivity contribution in [3.8, 4) is 0 Å². The van der Waals surface area contributed by atoms with E-state index in [1.807, 2.05) is 36.4 Å². The molecule has 0 spiro atoms. The van der Waals surface area contributed by atoms with Gasteiger partial charge < -0.3 is 10.6 Å². The van der Waals surface area contributed by atoms with Gasteiger partial charge in [-0.3, -0.25) is 14.1 Å². The SMILES string of the molecule is O=C(CNc1cc(Cl)cc(S(=O)(=O)N(Cc2ccccc2)c2ccccc2)c1)Nc1ccncc1. The van der Waals surface area contributed by atoms with Gasteiger partial charge in [0, 0.05) is 28.8 Å². The average Bonchev–Trinajstić information content (AvgIpc) is 2.87. The molecule has 0 aliphatic rings. The van der Waals surface area contributed by atoms with Gasteiger partial charge in [-0.25, -0.2) is 8.42 Å². The number of sulfonamides is 1. The predicted molar refractivity (Wildman–Crippen MR) is 139 cm³/mol. The number of amides is 1. The summed E-state index contributed by atoms with van der Waals surface area (Å²) in [5.74, 6) is -0.296. The van der Waals surface area contributed by atoms with Crippen molar-refractivity contribution in [2.75, 3.05) is 21.5 Å². The van der Waals surface area contributed by atoms with Crippen molar-refractivity contribution < 1.29 is 13.2 Å². The third kappa shape index (κ3) is 6.38. The summed E-state index contributed by atoms with van der Waals surface area (Å²) in [7, 11) is -3.98. The summed E-state index contributed by atoms with van der Waals surface area (Å²) in [5.41, 5.74) is 2.39. The maximum Gasteiger partial charge on any atom is 0.264 e. The van der Waals surface area contributed by atoms with Crippen molar-refractivity contribution in [1.29, 1.82) is 0 Å². The minimum absolute atomic E-state index is 0.0156. The quantitative estimate of drug-likeness (QED) is 0.326. The fraction of sp³-hybridized carbons (Fsp3) is 0.0769. The summed E-state index contributed by atoms with van der Waals surface area (Å²) in [4.78, 5) is 16.2. The highest BCUT2D eigenvalue weighted by atomic mass is 35.5. The number of hydrogen-bond donors (Lipinski definition) is 2. The second-order valence-corrected chi connectivity index (χ2v) is 9.94. The van der Waals surface area contributed by atoms with Crippen LogP contribution in [-0.4, -0.2) is 25.9 Å². The molecule has 0 unspecified atom stereocenters. The normalized spacial score (nSPS) is 11.0. The van der Waals surface area contributed by atoms with E-state index in [-0.39, 0.29) is 28.9 Å². The maximum absolute atomic E-state index is 13.8. The van der Waals surface area contributed by atoms with Gasteiger partial charge in [0.1, 0.15) is 0 Å². The summed E-state index contributed by atoms with van der Waals surface area (Å²) in [6, 6.07) is 26.0. The highest BCUT2D eigenvalue weighted by Crippen LogP contribution is 2.29. The van der Waals surface area contributed by atoms with Crippen molar-refractivity contribution in [2.45, 2.75) is 11.4 Å². The largest absolute Gasteiger partial charge is 0.376 e. The Morgan fingerprint density at radius 1 is 0.857 bits per heavy atom. The van der Waals surface area contributed by atoms with Gasteiger partial charge in [-0.2, -0.15) is 0 Å². The second kappa shape index (κ2) is 11.0. The number of halogens is 1. The molecule has 0 saturated heterocycles. The Hall–Kier alpha value is -3.88. The second-order valence-electron chi connectivity index (χ2n) is 7.65. The lowest BCUT2D eigenvalue weighted by Gasteiger charge is -2.25. The number of carbonyl (C=O) groups excluding carboxylic acids is 1. The Morgan fingerprint density at radius 2 is 1.51 bits per heavy atom. The van der Waals surface area contributed by atoms with Crippen molar-refractivity contribution in [3.05, 3.63) is 114 Å². The summed E-state index contributed by atoms with van der Waals surface area (Å²) in [6.07, 6.45) is 3.15. The number of carbonyl (C=O) groups is 1. The lowest BCUT2D eigenvalue weighted by molar-refractivity contribution is -0.114. The fourth-order valence-electron chi connectivity index (χ4n) is 3.42. The molecule has 0 aliphatic heterocycles. The molecule has 4 aromatic rings. The van der Waals surface area contributed by atoms with E-state index in [0.717, 1.165) is 5.56 Å². The maximum atomic E-state index is 13.8. The molecule has 1 aromatic heterocycles. The first-order valence-corrected chi connectivity index (χ1v) is 12.6. The molecule has 35 heavy (non-hydrogen) atoms. The number of aromatic nitrogens is 1. The van der Waals surface area contributed by atoms with Crippen LogP contribution in [0.2, 0.25) is 5.02 Å². The van der Waals surface area contributed by atoms with E-state index in [9.17, 15) is 13.2 Å². The Bertz CT molecular complexity index is 1390. The first kappa shape index (κ1) is 24.3. The zero-order chi connectivity index (χ0) is 24.7. The Morgan fingerprint density at radius 3 is 2.20 bits per heavy atom. The molecule has 3 aromatic carbocycles. The summed E-state index contributed by atoms with van der Waals surface area (Å²) in [6.45, 7) is 0.0748. The molecule has 2 N–H and O–H groups in total. The van der Waals surface area contributed by atoms with E-state index in [1.54, 1.807) is 54.9 Å². The zero-order valence-electron chi connectivity index (χ0n) is 18.6. The predicted octanol–water partition coefficient (Wildman–Crippen LogP) is 5.18. The molecular formula is C26H23ClN4O3S. The molecule has 4 rings (SSSR count). The van der Waals surface area contributed by atoms with Crippen LogP contribution in [0.3, 0.4) is 0 Å². The van der Waals surface area contributed by atoms with E-state index >= 15 is 0 Å². The first-order valence-electron chi connectivity index (χ1n) is 10.8. The number of hydrogen-bond acceptors (Lipinski definition) is 5. The summed E-state index contributed by atoms with van der Waals surface area (Å²) >= 11 is 6.28. The van der Waals surface area contributed by atoms with Crippen molar-refractivity contribution in [3.63, 3.8) is 0 Å². The van der Waals surface area contributed by atoms with Gasteiger partial charge in [0.25, 0.3) is 10.0 Å². The summed E-state index contributed by atoms with van der Waals surface area (Å²) in [5, 5.41) is 5.92. The number of nitrogens with one attached hydrogen (secondary N) is 2. The lowest BCUT2D eigenvalue weighted by Crippen LogP contribution is -2.30. The van der Waals surface area contributed by atoms with E-state index in [4.69, 9.17) is 11.6 Å². The molecule has 1 heterocycles. The minimum atomic E-state index is -3.98. The van der Waals surface area contributed by atoms with E-state index in [0.29, 0.717) is 17.1 Å². The van der Waals surface area contributed by atoms with Gasteiger partial charge in [0.05, 0.1) is 23.7 Å². The Balaban J connectivity index is 1.58. The van der Waals surface area contributed by atoms with Crippen LogP contribution in [0.15, 0.2) is 108 Å². The minimum Gasteiger partial charge on any atom is -0.376 e. The number of nitrogens with zero attached hydrogens (tertiary/aromatic N) is 2. The standard InChI is InChI=1S/C26H23ClN4O3S/c27-21-15-23(29-18-26(32)30-22-11-13-28-14-12-22)17-25(16-21)35(33,34)31(24-9-5-2-6-10-24)19-20-7-3-1-4-8-20/h1-17,29H,18-19H2,(H,28,30,32). The van der Waals surface area contributed by atoms with Crippen LogP contribution in [0, 0.1) is 0 Å². The lowest BCUT2D eigenvalue weighted by atomic mass is 10.2. The third-order valence-electron chi connectivity index (χ3n) is 5.09. The van der Waals surface area contributed by atoms with Gasteiger partial charge in [0.2, 0.25) is 5.91 Å². The number of pyridine rings is 1. The van der Waals surface area contributed by atoms with Gasteiger partial charge in [0.15, 0.2) is 0 Å². The fourth-order valence-corrected chi connectivity index (χ4v) is 5.25. The number of para-hydroxylation sites is 1. The average molecular weight is 507 g/mol. The smallest absolute Gasteiger partial charge is 0.264 e. The van der Waals surface area contributed by atoms with Gasteiger partial charge in [-0.1, -0.05) is 60.1 Å². The van der Waals surface area contributed by atoms with Crippen molar-refractivity contribution in [1.82, 2.24) is 4.98 Å². The molecule has 7 nitrogen and oxygen atoms in total. The monoisotopic (exact) mass is 506 g/mol. The van der Waals surface area contributed by atoms with E-state index < -0.39 is 10.0 Å². The van der Waals surface area contributed by atoms with Crippen LogP contribution in [0.4, 0.5) is 17.1 Å². The molecule has 1 amide bonds. The summed E-state index contributed by atoms with van der Waals surface area (Å²) < 4.78 is 28.9. The van der Waals surface area contributed by atoms with Gasteiger partial charge in [-0.15, -0.1) is 0 Å². The molecule has 0 bridgehead atoms. The van der Waals surface area contributed by atoms with Crippen molar-refractivity contribution >= 4 is 44.6 Å². The van der Waals surface area contributed by atoms with Crippen molar-refractivity contribution in [2.24, 2.45) is 0 Å². The molecule has 0 atom stereocenters. The van der Waals surface area contributed by atoms with Crippen LogP contribution in [0.25, 0.3) is 0 Å². The van der Waals surface area contributed by atoms with Crippen LogP contribution in [-0.2, 0) is 21.4 Å². The topological polar surface area (TPSA) is 91.4 Å². The third-order valence-corrected chi connectivity index (χ3v) is 7.06. The molecule has 0 radical (unpaired) electrons. The van der Waals surface area contributed by atoms with Crippen LogP contribution < -0.4 is 14.9 Å². The molecule has 178 valence electrons. The molecule has 0 saturated carbocycles. The highest BCUT2D eigenvalue weighted by Gasteiger charge is 2.26. The van der Waals surface area contributed by atoms with Gasteiger partial charge in [-0.05, 0) is 48.0 Å². The number of anilines is 3. The van der Waals surface area contributed by atoms with E-state index in [2.05, 4.69) is 15.6 Å². The Labute approximate surface area is 209 Å². The van der Waals surface area contributed by atoms with Gasteiger partial charge >= 0.3 is 0 Å². The van der Waals surface area contributed by atoms with Crippen LogP contribution in [0.1, 0.15) is 5.56 Å². The van der Waals surface area contributed by atoms with Crippen LogP contribution >= 0.6 is 11.6 Å². The number of benzene rings is 3. The molecule has 0 fully saturated rings. The van der Waals surface area contributed by atoms with E-state index in [1.165, 1.54) is 16.4 Å². The van der Waals surface area contributed by atoms with Crippen LogP contribution in [0.5, 0.6) is 0 Å². The number of rotatable bonds is 9. The molecular weight excluding hydrogens is 484 g/mol.